The zero-order chi connectivity index (χ0) is 22.8. The van der Waals surface area contributed by atoms with Gasteiger partial charge in [0.05, 0.1) is 24.9 Å². The van der Waals surface area contributed by atoms with Gasteiger partial charge in [-0.25, -0.2) is 0 Å². The summed E-state index contributed by atoms with van der Waals surface area (Å²) in [5.74, 6) is 0.606. The molecule has 0 radical (unpaired) electrons. The molecule has 1 N–H and O–H groups in total. The number of nitrogens with one attached hydrogen (secondary N) is 1. The lowest BCUT2D eigenvalue weighted by atomic mass is 9.99. The van der Waals surface area contributed by atoms with Gasteiger partial charge in [-0.15, -0.1) is 0 Å². The number of benzene rings is 3. The molecule has 2 heterocycles. The number of amides is 1. The molecule has 1 aliphatic rings. The number of fused-ring (bicyclic) bond motifs is 1. The number of para-hydroxylation sites is 1. The number of hydrogen-bond donors (Lipinski definition) is 1. The van der Waals surface area contributed by atoms with Crippen LogP contribution in [0, 0.1) is 13.8 Å². The van der Waals surface area contributed by atoms with Crippen LogP contribution < -0.4 is 5.32 Å². The SMILES string of the molecule is Cc1ccc(C(=O)Nc2c([C@@H](c3ccc(C)cc3)N3CCOCC3)oc3ccccc23)cc1. The van der Waals surface area contributed by atoms with E-state index in [0.29, 0.717) is 18.8 Å². The van der Waals surface area contributed by atoms with Crippen LogP contribution in [-0.4, -0.2) is 37.1 Å². The molecule has 0 saturated carbocycles. The molecule has 1 amide bonds. The second kappa shape index (κ2) is 9.22. The molecule has 0 unspecified atom stereocenters. The van der Waals surface area contributed by atoms with Gasteiger partial charge in [0.15, 0.2) is 0 Å². The molecule has 1 atom stereocenters. The summed E-state index contributed by atoms with van der Waals surface area (Å²) in [7, 11) is 0. The summed E-state index contributed by atoms with van der Waals surface area (Å²) in [5, 5.41) is 4.08. The first kappa shape index (κ1) is 21.4. The highest BCUT2D eigenvalue weighted by Gasteiger charge is 2.31. The Kier molecular flexibility index (Phi) is 5.99. The Morgan fingerprint density at radius 1 is 0.879 bits per heavy atom. The number of morpholine rings is 1. The fraction of sp³-hybridized carbons (Fsp3) is 0.250. The number of ether oxygens (including phenoxy) is 1. The zero-order valence-electron chi connectivity index (χ0n) is 19.0. The smallest absolute Gasteiger partial charge is 0.255 e. The van der Waals surface area contributed by atoms with E-state index < -0.39 is 0 Å². The van der Waals surface area contributed by atoms with Gasteiger partial charge in [-0.05, 0) is 43.7 Å². The molecule has 4 aromatic rings. The second-order valence-corrected chi connectivity index (χ2v) is 8.62. The first-order chi connectivity index (χ1) is 16.1. The fourth-order valence-corrected chi connectivity index (χ4v) is 4.39. The Morgan fingerprint density at radius 3 is 2.21 bits per heavy atom. The normalized spacial score (nSPS) is 15.5. The van der Waals surface area contributed by atoms with E-state index in [-0.39, 0.29) is 11.9 Å². The van der Waals surface area contributed by atoms with Gasteiger partial charge in [0.25, 0.3) is 5.91 Å². The number of carbonyl (C=O) groups is 1. The minimum Gasteiger partial charge on any atom is -0.457 e. The summed E-state index contributed by atoms with van der Waals surface area (Å²) in [6, 6.07) is 23.9. The zero-order valence-corrected chi connectivity index (χ0v) is 19.0. The fourth-order valence-electron chi connectivity index (χ4n) is 4.39. The summed E-state index contributed by atoms with van der Waals surface area (Å²) in [5.41, 5.74) is 5.57. The lowest BCUT2D eigenvalue weighted by Crippen LogP contribution is -2.39. The Bertz CT molecular complexity index is 1250. The highest BCUT2D eigenvalue weighted by molar-refractivity contribution is 6.09. The average molecular weight is 441 g/mol. The van der Waals surface area contributed by atoms with Crippen LogP contribution in [0.1, 0.15) is 38.9 Å². The summed E-state index contributed by atoms with van der Waals surface area (Å²) >= 11 is 0. The van der Waals surface area contributed by atoms with Crippen molar-refractivity contribution in [3.8, 4) is 0 Å². The Hall–Kier alpha value is -3.41. The Balaban J connectivity index is 1.62. The van der Waals surface area contributed by atoms with Crippen molar-refractivity contribution in [2.75, 3.05) is 31.6 Å². The topological polar surface area (TPSA) is 54.7 Å². The van der Waals surface area contributed by atoms with E-state index in [1.54, 1.807) is 0 Å². The maximum atomic E-state index is 13.2. The van der Waals surface area contributed by atoms with Gasteiger partial charge in [-0.3, -0.25) is 9.69 Å². The van der Waals surface area contributed by atoms with Gasteiger partial charge >= 0.3 is 0 Å². The number of furan rings is 1. The number of carbonyl (C=O) groups excluding carboxylic acids is 1. The average Bonchev–Trinajstić information content (AvgIpc) is 3.19. The van der Waals surface area contributed by atoms with Crippen molar-refractivity contribution < 1.29 is 13.9 Å². The molecule has 1 saturated heterocycles. The number of aryl methyl sites for hydroxylation is 2. The van der Waals surface area contributed by atoms with Crippen molar-refractivity contribution in [1.82, 2.24) is 4.90 Å². The van der Waals surface area contributed by atoms with Gasteiger partial charge in [-0.2, -0.15) is 0 Å². The van der Waals surface area contributed by atoms with Crippen molar-refractivity contribution in [3.05, 3.63) is 101 Å². The van der Waals surface area contributed by atoms with Crippen LogP contribution in [0.15, 0.2) is 77.2 Å². The predicted octanol–water partition coefficient (Wildman–Crippen LogP) is 5.72. The standard InChI is InChI=1S/C28H28N2O3/c1-19-7-11-21(12-8-19)26(30-15-17-32-18-16-30)27-25(23-5-3-4-6-24(23)33-27)29-28(31)22-13-9-20(2)10-14-22/h3-14,26H,15-18H2,1-2H3,(H,29,31)/t26-/m1/s1. The maximum absolute atomic E-state index is 13.2. The lowest BCUT2D eigenvalue weighted by Gasteiger charge is -2.34. The molecule has 33 heavy (non-hydrogen) atoms. The van der Waals surface area contributed by atoms with Crippen LogP contribution >= 0.6 is 0 Å². The van der Waals surface area contributed by atoms with Crippen molar-refractivity contribution >= 4 is 22.6 Å². The first-order valence-electron chi connectivity index (χ1n) is 11.4. The largest absolute Gasteiger partial charge is 0.457 e. The number of nitrogens with zero attached hydrogens (tertiary/aromatic N) is 1. The molecule has 5 nitrogen and oxygen atoms in total. The maximum Gasteiger partial charge on any atom is 0.255 e. The molecule has 168 valence electrons. The highest BCUT2D eigenvalue weighted by Crippen LogP contribution is 2.40. The van der Waals surface area contributed by atoms with Crippen molar-refractivity contribution in [1.29, 1.82) is 0 Å². The number of rotatable bonds is 5. The van der Waals surface area contributed by atoms with Crippen LogP contribution in [-0.2, 0) is 4.74 Å². The quantitative estimate of drug-likeness (QED) is 0.431. The van der Waals surface area contributed by atoms with Crippen molar-refractivity contribution in [2.24, 2.45) is 0 Å². The van der Waals surface area contributed by atoms with Crippen molar-refractivity contribution in [2.45, 2.75) is 19.9 Å². The number of anilines is 1. The summed E-state index contributed by atoms with van der Waals surface area (Å²) in [6.45, 7) is 7.03. The van der Waals surface area contributed by atoms with Gasteiger partial charge in [0, 0.05) is 24.0 Å². The minimum atomic E-state index is -0.146. The third-order valence-electron chi connectivity index (χ3n) is 6.23. The second-order valence-electron chi connectivity index (χ2n) is 8.62. The van der Waals surface area contributed by atoms with Crippen molar-refractivity contribution in [3.63, 3.8) is 0 Å². The summed E-state index contributed by atoms with van der Waals surface area (Å²) in [4.78, 5) is 15.6. The molecule has 0 aliphatic carbocycles. The van der Waals surface area contributed by atoms with Gasteiger partial charge < -0.3 is 14.5 Å². The van der Waals surface area contributed by atoms with Gasteiger partial charge in [0.2, 0.25) is 0 Å². The van der Waals surface area contributed by atoms with E-state index in [2.05, 4.69) is 41.4 Å². The van der Waals surface area contributed by atoms with E-state index in [1.165, 1.54) is 5.56 Å². The lowest BCUT2D eigenvalue weighted by molar-refractivity contribution is 0.0206. The Labute approximate surface area is 194 Å². The molecular formula is C28H28N2O3. The van der Waals surface area contributed by atoms with Crippen LogP contribution in [0.25, 0.3) is 11.0 Å². The van der Waals surface area contributed by atoms with E-state index in [4.69, 9.17) is 9.15 Å². The van der Waals surface area contributed by atoms with E-state index in [0.717, 1.165) is 46.6 Å². The molecular weight excluding hydrogens is 412 g/mol. The van der Waals surface area contributed by atoms with Gasteiger partial charge in [0.1, 0.15) is 11.3 Å². The third-order valence-corrected chi connectivity index (χ3v) is 6.23. The molecule has 1 aliphatic heterocycles. The van der Waals surface area contributed by atoms with E-state index >= 15 is 0 Å². The molecule has 0 spiro atoms. The molecule has 3 aromatic carbocycles. The monoisotopic (exact) mass is 440 g/mol. The summed E-state index contributed by atoms with van der Waals surface area (Å²) < 4.78 is 12.1. The van der Waals surface area contributed by atoms with Gasteiger partial charge in [-0.1, -0.05) is 59.7 Å². The van der Waals surface area contributed by atoms with E-state index in [9.17, 15) is 4.79 Å². The van der Waals surface area contributed by atoms with Crippen LogP contribution in [0.5, 0.6) is 0 Å². The molecule has 1 aromatic heterocycles. The number of hydrogen-bond acceptors (Lipinski definition) is 4. The van der Waals surface area contributed by atoms with E-state index in [1.807, 2.05) is 55.5 Å². The first-order valence-corrected chi connectivity index (χ1v) is 11.4. The highest BCUT2D eigenvalue weighted by atomic mass is 16.5. The molecule has 0 bridgehead atoms. The third kappa shape index (κ3) is 4.42. The Morgan fingerprint density at radius 2 is 1.52 bits per heavy atom. The predicted molar refractivity (Wildman–Crippen MR) is 131 cm³/mol. The summed E-state index contributed by atoms with van der Waals surface area (Å²) in [6.07, 6.45) is 0. The molecule has 5 heteroatoms. The minimum absolute atomic E-state index is 0.129. The van der Waals surface area contributed by atoms with Crippen LogP contribution in [0.2, 0.25) is 0 Å². The van der Waals surface area contributed by atoms with Crippen LogP contribution in [0.4, 0.5) is 5.69 Å². The molecule has 5 rings (SSSR count). The molecule has 1 fully saturated rings. The van der Waals surface area contributed by atoms with Crippen LogP contribution in [0.3, 0.4) is 0 Å².